The van der Waals surface area contributed by atoms with Crippen molar-refractivity contribution in [3.05, 3.63) is 35.9 Å². The molecule has 0 nitrogen and oxygen atoms in total. The Kier molecular flexibility index (Phi) is 4.91. The molecule has 0 spiro atoms. The summed E-state index contributed by atoms with van der Waals surface area (Å²) in [6.07, 6.45) is 0. The van der Waals surface area contributed by atoms with E-state index < -0.39 is 0 Å². The zero-order valence-electron chi connectivity index (χ0n) is 4.89. The summed E-state index contributed by atoms with van der Waals surface area (Å²) in [7, 11) is 0. The van der Waals surface area contributed by atoms with Gasteiger partial charge in [-0.2, -0.15) is 35.9 Å². The molecule has 0 atom stereocenters. The smallest absolute Gasteiger partial charge is 0 e. The molecular weight excluding hydrogens is 311 g/mol. The predicted octanol–water partition coefficient (Wildman–Crippen LogP) is 1.80. The quantitative estimate of drug-likeness (QED) is 0.640. The molecule has 0 aliphatic carbocycles. The monoisotopic (exact) mass is 318 g/mol. The zero-order valence-corrected chi connectivity index (χ0v) is 9.63. The van der Waals surface area contributed by atoms with Crippen molar-refractivity contribution in [2.24, 2.45) is 0 Å². The second-order valence-electron chi connectivity index (χ2n) is 1.58. The van der Waals surface area contributed by atoms with Gasteiger partial charge in [-0.05, 0) is 0 Å². The van der Waals surface area contributed by atoms with Crippen molar-refractivity contribution in [3.8, 4) is 0 Å². The molecule has 1 rings (SSSR count). The van der Waals surface area contributed by atoms with Gasteiger partial charge in [0.05, 0.1) is 0 Å². The molecule has 0 unspecified atom stereocenters. The summed E-state index contributed by atoms with van der Waals surface area (Å²) in [5.41, 5.74) is 1.27. The van der Waals surface area contributed by atoms with Gasteiger partial charge in [0.15, 0.2) is 0 Å². The summed E-state index contributed by atoms with van der Waals surface area (Å²) in [6, 6.07) is 10.8. The van der Waals surface area contributed by atoms with Crippen LogP contribution in [0.1, 0.15) is 5.56 Å². The molecule has 8 heavy (non-hydrogen) atoms. The minimum Gasteiger partial charge on any atom is -0.184 e. The van der Waals surface area contributed by atoms with Crippen molar-refractivity contribution in [3.63, 3.8) is 0 Å². The van der Waals surface area contributed by atoms with E-state index in [1.165, 1.54) is 5.56 Å². The number of benzene rings is 1. The molecule has 0 fully saturated rings. The Hall–Kier alpha value is 0.662. The summed E-state index contributed by atoms with van der Waals surface area (Å²) in [5, 5.41) is 0. The first kappa shape index (κ1) is 8.66. The normalized spacial score (nSPS) is 7.62. The molecule has 1 aromatic carbocycles. The van der Waals surface area contributed by atoms with Gasteiger partial charge in [0.1, 0.15) is 0 Å². The Morgan fingerprint density at radius 1 is 1.50 bits per heavy atom. The molecule has 0 aromatic heterocycles. The molecule has 0 heterocycles. The second-order valence-corrected chi connectivity index (χ2v) is 1.58. The molecule has 0 saturated carbocycles. The van der Waals surface area contributed by atoms with Crippen molar-refractivity contribution in [1.82, 2.24) is 0 Å². The van der Waals surface area contributed by atoms with Crippen LogP contribution in [-0.4, -0.2) is 0 Å². The first-order valence-corrected chi connectivity index (χ1v) is 2.32. The summed E-state index contributed by atoms with van der Waals surface area (Å²) in [4.78, 5) is 0. The van der Waals surface area contributed by atoms with Crippen LogP contribution in [0.5, 0.6) is 0 Å². The van der Waals surface area contributed by atoms with Crippen LogP contribution in [0.4, 0.5) is 0 Å². The molecule has 0 N–H and O–H groups in total. The van der Waals surface area contributed by atoms with Crippen molar-refractivity contribution in [2.45, 2.75) is 6.92 Å². The summed E-state index contributed by atoms with van der Waals surface area (Å²) < 4.78 is 0. The predicted molar refractivity (Wildman–Crippen MR) is 30.0 cm³/mol. The Labute approximate surface area is 85.9 Å². The van der Waals surface area contributed by atoms with Crippen LogP contribution in [0.2, 0.25) is 0 Å². The average molecular weight is 318 g/mol. The van der Waals surface area contributed by atoms with Gasteiger partial charge in [-0.3, -0.25) is 0 Å². The molecule has 0 saturated heterocycles. The van der Waals surface area contributed by atoms with Gasteiger partial charge in [0.2, 0.25) is 0 Å². The van der Waals surface area contributed by atoms with Crippen LogP contribution < -0.4 is 0 Å². The van der Waals surface area contributed by atoms with Crippen LogP contribution in [0.3, 0.4) is 0 Å². The maximum atomic E-state index is 2.96. The van der Waals surface area contributed by atoms with E-state index >= 15 is 0 Å². The van der Waals surface area contributed by atoms with Gasteiger partial charge in [-0.1, -0.05) is 6.92 Å². The van der Waals surface area contributed by atoms with E-state index in [2.05, 4.69) is 19.1 Å². The molecular formula is C7H7Ac-. The van der Waals surface area contributed by atoms with Gasteiger partial charge in [-0.15, -0.1) is 0 Å². The van der Waals surface area contributed by atoms with Crippen molar-refractivity contribution >= 4 is 0 Å². The van der Waals surface area contributed by atoms with Crippen molar-refractivity contribution in [1.29, 1.82) is 0 Å². The second kappa shape index (κ2) is 4.53. The molecule has 39 valence electrons. The van der Waals surface area contributed by atoms with E-state index in [9.17, 15) is 0 Å². The standard InChI is InChI=1S/C7H7.Ac/c1-7-5-3-2-4-6-7;/h2-3,5-6H,1H3;/q-1;. The maximum absolute atomic E-state index is 2.96. The van der Waals surface area contributed by atoms with Gasteiger partial charge in [0, 0.05) is 44.1 Å². The van der Waals surface area contributed by atoms with Gasteiger partial charge in [0.25, 0.3) is 0 Å². The molecule has 0 amide bonds. The number of aryl methyl sites for hydroxylation is 1. The molecule has 1 heteroatoms. The van der Waals surface area contributed by atoms with E-state index in [1.807, 2.05) is 18.2 Å². The summed E-state index contributed by atoms with van der Waals surface area (Å²) >= 11 is 0. The van der Waals surface area contributed by atoms with Crippen LogP contribution in [0, 0.1) is 57.1 Å². The molecule has 1 aromatic rings. The van der Waals surface area contributed by atoms with Crippen LogP contribution in [0.15, 0.2) is 24.3 Å². The summed E-state index contributed by atoms with van der Waals surface area (Å²) in [6.45, 7) is 2.05. The van der Waals surface area contributed by atoms with E-state index in [0.717, 1.165) is 0 Å². The molecule has 1 radical (unpaired) electrons. The fourth-order valence-corrected chi connectivity index (χ4v) is 0.483. The SMILES string of the molecule is Cc1c[c-]ccc1.[Ac]. The van der Waals surface area contributed by atoms with Crippen molar-refractivity contribution < 1.29 is 44.1 Å². The van der Waals surface area contributed by atoms with Crippen LogP contribution in [-0.2, 0) is 0 Å². The third kappa shape index (κ3) is 2.85. The zero-order chi connectivity index (χ0) is 5.11. The van der Waals surface area contributed by atoms with Crippen LogP contribution >= 0.6 is 0 Å². The fourth-order valence-electron chi connectivity index (χ4n) is 0.483. The topological polar surface area (TPSA) is 0 Å². The molecule has 0 aliphatic heterocycles. The van der Waals surface area contributed by atoms with Crippen molar-refractivity contribution in [2.75, 3.05) is 0 Å². The minimum atomic E-state index is 0. The number of hydrogen-bond acceptors (Lipinski definition) is 0. The summed E-state index contributed by atoms with van der Waals surface area (Å²) in [5.74, 6) is 0. The first-order chi connectivity index (χ1) is 3.39. The minimum absolute atomic E-state index is 0. The Morgan fingerprint density at radius 2 is 2.25 bits per heavy atom. The van der Waals surface area contributed by atoms with E-state index in [4.69, 9.17) is 0 Å². The Bertz CT molecular complexity index is 134. The van der Waals surface area contributed by atoms with Gasteiger partial charge >= 0.3 is 0 Å². The van der Waals surface area contributed by atoms with Crippen LogP contribution in [0.25, 0.3) is 0 Å². The molecule has 0 bridgehead atoms. The van der Waals surface area contributed by atoms with E-state index in [1.54, 1.807) is 0 Å². The largest absolute Gasteiger partial charge is 0.184 e. The van der Waals surface area contributed by atoms with Gasteiger partial charge < -0.3 is 0 Å². The Balaban J connectivity index is 0.000000490. The number of rotatable bonds is 0. The van der Waals surface area contributed by atoms with E-state index in [0.29, 0.717) is 0 Å². The third-order valence-electron chi connectivity index (χ3n) is 0.863. The maximum Gasteiger partial charge on any atom is 0 e. The Morgan fingerprint density at radius 3 is 2.50 bits per heavy atom. The first-order valence-electron chi connectivity index (χ1n) is 2.32. The van der Waals surface area contributed by atoms with E-state index in [-0.39, 0.29) is 44.1 Å². The third-order valence-corrected chi connectivity index (χ3v) is 0.863. The average Bonchev–Trinajstić information content (AvgIpc) is 1.69. The molecule has 0 aliphatic rings. The van der Waals surface area contributed by atoms with Gasteiger partial charge in [-0.25, -0.2) is 0 Å². The fraction of sp³-hybridized carbons (Fsp3) is 0.143. The number of hydrogen-bond donors (Lipinski definition) is 0.